The number of carbonyl (C=O) groups is 2. The molecule has 0 saturated carbocycles. The Hall–Kier alpha value is -3.11. The molecule has 11 heteroatoms. The van der Waals surface area contributed by atoms with Crippen LogP contribution < -0.4 is 4.90 Å². The Balaban J connectivity index is 0.000000318. The van der Waals surface area contributed by atoms with Crippen molar-refractivity contribution in [3.63, 3.8) is 0 Å². The molecule has 1 spiro atoms. The molecule has 2 aromatic heterocycles. The van der Waals surface area contributed by atoms with Crippen LogP contribution in [0, 0.1) is 0 Å². The predicted molar refractivity (Wildman–Crippen MR) is 98.9 cm³/mol. The Morgan fingerprint density at radius 1 is 1.07 bits per heavy atom. The number of alkyl halides is 3. The Labute approximate surface area is 170 Å². The average molecular weight is 426 g/mol. The summed E-state index contributed by atoms with van der Waals surface area (Å²) in [5, 5.41) is 7.12. The number of aromatic nitrogens is 2. The fourth-order valence-corrected chi connectivity index (χ4v) is 3.88. The monoisotopic (exact) mass is 426 g/mol. The van der Waals surface area contributed by atoms with Crippen molar-refractivity contribution in [3.8, 4) is 0 Å². The Morgan fingerprint density at radius 2 is 1.70 bits per heavy atom. The van der Waals surface area contributed by atoms with Crippen LogP contribution in [-0.4, -0.2) is 63.2 Å². The predicted octanol–water partition coefficient (Wildman–Crippen LogP) is 2.98. The second-order valence-electron chi connectivity index (χ2n) is 7.10. The lowest BCUT2D eigenvalue weighted by Gasteiger charge is -2.44. The van der Waals surface area contributed by atoms with Crippen molar-refractivity contribution in [1.29, 1.82) is 0 Å². The summed E-state index contributed by atoms with van der Waals surface area (Å²) in [6.45, 7) is 2.50. The lowest BCUT2D eigenvalue weighted by Crippen LogP contribution is -2.53. The first kappa shape index (κ1) is 21.6. The van der Waals surface area contributed by atoms with E-state index in [0.29, 0.717) is 5.76 Å². The van der Waals surface area contributed by atoms with Gasteiger partial charge in [0.15, 0.2) is 5.76 Å². The molecule has 4 heterocycles. The largest absolute Gasteiger partial charge is 0.490 e. The SMILES string of the molecule is O=C(O)C(F)(F)F.O=C(c1ccco1)N1CCC2(CCCN2c2ncccn2)CC1. The fraction of sp³-hybridized carbons (Fsp3) is 0.474. The maximum absolute atomic E-state index is 12.4. The minimum atomic E-state index is -5.08. The first-order chi connectivity index (χ1) is 14.2. The highest BCUT2D eigenvalue weighted by Gasteiger charge is 2.45. The topological polar surface area (TPSA) is 99.8 Å². The van der Waals surface area contributed by atoms with E-state index in [-0.39, 0.29) is 11.4 Å². The van der Waals surface area contributed by atoms with Crippen molar-refractivity contribution in [3.05, 3.63) is 42.6 Å². The number of hydrogen-bond donors (Lipinski definition) is 1. The molecule has 0 atom stereocenters. The summed E-state index contributed by atoms with van der Waals surface area (Å²) in [5.41, 5.74) is 0.0985. The average Bonchev–Trinajstić information content (AvgIpc) is 3.39. The molecule has 4 rings (SSSR count). The van der Waals surface area contributed by atoms with Crippen molar-refractivity contribution >= 4 is 17.8 Å². The third-order valence-electron chi connectivity index (χ3n) is 5.35. The molecule has 8 nitrogen and oxygen atoms in total. The minimum Gasteiger partial charge on any atom is -0.475 e. The molecule has 162 valence electrons. The molecular formula is C19H21F3N4O4. The number of piperidine rings is 1. The summed E-state index contributed by atoms with van der Waals surface area (Å²) in [5.74, 6) is -1.52. The zero-order chi connectivity index (χ0) is 21.8. The molecule has 2 aromatic rings. The molecule has 30 heavy (non-hydrogen) atoms. The molecule has 0 unspecified atom stereocenters. The van der Waals surface area contributed by atoms with E-state index < -0.39 is 12.1 Å². The van der Waals surface area contributed by atoms with Crippen molar-refractivity contribution in [2.75, 3.05) is 24.5 Å². The van der Waals surface area contributed by atoms with Crippen LogP contribution in [0.1, 0.15) is 36.2 Å². The number of aliphatic carboxylic acids is 1. The van der Waals surface area contributed by atoms with Gasteiger partial charge in [0.2, 0.25) is 5.95 Å². The molecule has 2 aliphatic rings. The fourth-order valence-electron chi connectivity index (χ4n) is 3.88. The van der Waals surface area contributed by atoms with E-state index >= 15 is 0 Å². The normalized spacial score (nSPS) is 18.1. The van der Waals surface area contributed by atoms with Gasteiger partial charge in [0.05, 0.1) is 6.26 Å². The second kappa shape index (κ2) is 8.72. The summed E-state index contributed by atoms with van der Waals surface area (Å²) < 4.78 is 37.0. The highest BCUT2D eigenvalue weighted by Crippen LogP contribution is 2.40. The van der Waals surface area contributed by atoms with Gasteiger partial charge < -0.3 is 19.3 Å². The number of amides is 1. The number of rotatable bonds is 2. The molecule has 0 aromatic carbocycles. The Bertz CT molecular complexity index is 850. The smallest absolute Gasteiger partial charge is 0.475 e. The lowest BCUT2D eigenvalue weighted by atomic mass is 9.85. The summed E-state index contributed by atoms with van der Waals surface area (Å²) in [4.78, 5) is 34.4. The molecule has 0 radical (unpaired) electrons. The van der Waals surface area contributed by atoms with E-state index in [0.717, 1.165) is 51.3 Å². The first-order valence-corrected chi connectivity index (χ1v) is 9.40. The molecular weight excluding hydrogens is 405 g/mol. The van der Waals surface area contributed by atoms with Crippen LogP contribution in [0.4, 0.5) is 19.1 Å². The number of nitrogens with zero attached hydrogens (tertiary/aromatic N) is 4. The van der Waals surface area contributed by atoms with E-state index in [1.165, 1.54) is 0 Å². The second-order valence-corrected chi connectivity index (χ2v) is 7.10. The lowest BCUT2D eigenvalue weighted by molar-refractivity contribution is -0.192. The number of carbonyl (C=O) groups excluding carboxylic acids is 1. The standard InChI is InChI=1S/C17H20N4O2.C2HF3O2/c22-15(14-4-1-13-23-14)20-11-6-17(7-12-20)5-2-10-21(17)16-18-8-3-9-19-16;3-2(4,5)1(6)7/h1,3-4,8-9,13H,2,5-7,10-12H2;(H,6,7). The van der Waals surface area contributed by atoms with E-state index in [9.17, 15) is 18.0 Å². The number of hydrogen-bond acceptors (Lipinski definition) is 6. The number of likely N-dealkylation sites (tertiary alicyclic amines) is 1. The maximum atomic E-state index is 12.4. The number of carboxylic acid groups (broad SMARTS) is 1. The van der Waals surface area contributed by atoms with Crippen LogP contribution >= 0.6 is 0 Å². The molecule has 2 aliphatic heterocycles. The molecule has 1 amide bonds. The van der Waals surface area contributed by atoms with E-state index in [2.05, 4.69) is 14.9 Å². The Morgan fingerprint density at radius 3 is 2.23 bits per heavy atom. The van der Waals surface area contributed by atoms with Gasteiger partial charge in [0, 0.05) is 37.6 Å². The highest BCUT2D eigenvalue weighted by atomic mass is 19.4. The summed E-state index contributed by atoms with van der Waals surface area (Å²) in [7, 11) is 0. The molecule has 2 saturated heterocycles. The zero-order valence-electron chi connectivity index (χ0n) is 16.0. The summed E-state index contributed by atoms with van der Waals surface area (Å²) in [6, 6.07) is 5.33. The van der Waals surface area contributed by atoms with Gasteiger partial charge in [0.1, 0.15) is 0 Å². The number of halogens is 3. The van der Waals surface area contributed by atoms with Crippen LogP contribution in [0.2, 0.25) is 0 Å². The third-order valence-corrected chi connectivity index (χ3v) is 5.35. The molecule has 0 aliphatic carbocycles. The van der Waals surface area contributed by atoms with Crippen LogP contribution in [0.5, 0.6) is 0 Å². The van der Waals surface area contributed by atoms with Crippen LogP contribution in [0.3, 0.4) is 0 Å². The maximum Gasteiger partial charge on any atom is 0.490 e. The summed E-state index contributed by atoms with van der Waals surface area (Å²) in [6.07, 6.45) is 4.27. The van der Waals surface area contributed by atoms with E-state index in [1.807, 2.05) is 11.0 Å². The van der Waals surface area contributed by atoms with Crippen molar-refractivity contribution in [2.24, 2.45) is 0 Å². The minimum absolute atomic E-state index is 0.00893. The van der Waals surface area contributed by atoms with Gasteiger partial charge in [-0.15, -0.1) is 0 Å². The van der Waals surface area contributed by atoms with Gasteiger partial charge >= 0.3 is 12.1 Å². The van der Waals surface area contributed by atoms with Crippen molar-refractivity contribution in [1.82, 2.24) is 14.9 Å². The van der Waals surface area contributed by atoms with Gasteiger partial charge in [-0.25, -0.2) is 14.8 Å². The van der Waals surface area contributed by atoms with Gasteiger partial charge in [-0.2, -0.15) is 13.2 Å². The van der Waals surface area contributed by atoms with Crippen LogP contribution in [-0.2, 0) is 4.79 Å². The summed E-state index contributed by atoms with van der Waals surface area (Å²) >= 11 is 0. The third kappa shape index (κ3) is 4.71. The molecule has 1 N–H and O–H groups in total. The number of carboxylic acids is 1. The van der Waals surface area contributed by atoms with E-state index in [1.54, 1.807) is 30.8 Å². The van der Waals surface area contributed by atoms with Gasteiger partial charge in [-0.05, 0) is 43.9 Å². The van der Waals surface area contributed by atoms with Gasteiger partial charge in [-0.3, -0.25) is 4.79 Å². The van der Waals surface area contributed by atoms with E-state index in [4.69, 9.17) is 14.3 Å². The quantitative estimate of drug-likeness (QED) is 0.788. The molecule has 0 bridgehead atoms. The number of furan rings is 1. The van der Waals surface area contributed by atoms with Crippen molar-refractivity contribution < 1.29 is 32.3 Å². The Kier molecular flexibility index (Phi) is 6.28. The van der Waals surface area contributed by atoms with Crippen molar-refractivity contribution in [2.45, 2.75) is 37.4 Å². The first-order valence-electron chi connectivity index (χ1n) is 9.40. The number of anilines is 1. The van der Waals surface area contributed by atoms with Gasteiger partial charge in [0.25, 0.3) is 5.91 Å². The van der Waals surface area contributed by atoms with Crippen LogP contribution in [0.25, 0.3) is 0 Å². The molecule has 2 fully saturated rings. The van der Waals surface area contributed by atoms with Crippen LogP contribution in [0.15, 0.2) is 41.3 Å². The zero-order valence-corrected chi connectivity index (χ0v) is 16.0. The highest BCUT2D eigenvalue weighted by molar-refractivity contribution is 5.91. The van der Waals surface area contributed by atoms with Gasteiger partial charge in [-0.1, -0.05) is 0 Å².